The van der Waals surface area contributed by atoms with Crippen LogP contribution in [-0.4, -0.2) is 59.9 Å². The van der Waals surface area contributed by atoms with E-state index in [1.807, 2.05) is 0 Å². The van der Waals surface area contributed by atoms with Crippen LogP contribution in [0.4, 0.5) is 16.4 Å². The molecule has 7 heteroatoms. The third-order valence-corrected chi connectivity index (χ3v) is 5.24. The number of aliphatic imine (C=N–C) groups is 1. The van der Waals surface area contributed by atoms with E-state index in [0.29, 0.717) is 0 Å². The van der Waals surface area contributed by atoms with Crippen molar-refractivity contribution in [1.29, 1.82) is 0 Å². The number of benzene rings is 1. The van der Waals surface area contributed by atoms with Gasteiger partial charge in [0.1, 0.15) is 10.8 Å². The molecule has 1 fully saturated rings. The Morgan fingerprint density at radius 1 is 1.23 bits per heavy atom. The molecule has 1 aromatic heterocycles. The van der Waals surface area contributed by atoms with Crippen LogP contribution in [0.1, 0.15) is 17.4 Å². The van der Waals surface area contributed by atoms with Gasteiger partial charge < -0.3 is 20.2 Å². The number of carboxylic acid groups (broad SMARTS) is 1. The minimum atomic E-state index is -0.833. The predicted octanol–water partition coefficient (Wildman–Crippen LogP) is 3.53. The number of likely N-dealkylation sites (N-methyl/N-ethyl adjacent to an activating group) is 1. The highest BCUT2D eigenvalue weighted by Gasteiger charge is 2.25. The molecule has 0 saturated carbocycles. The molecule has 2 N–H and O–H groups in total. The number of thiophene rings is 1. The lowest BCUT2D eigenvalue weighted by Crippen LogP contribution is -2.47. The lowest BCUT2D eigenvalue weighted by molar-refractivity contribution is -0.134. The maximum Gasteiger partial charge on any atom is 0.300 e. The minimum Gasteiger partial charge on any atom is -0.481 e. The number of hydrogen-bond acceptors (Lipinski definition) is 6. The molecule has 26 heavy (non-hydrogen) atoms. The van der Waals surface area contributed by atoms with Crippen molar-refractivity contribution >= 4 is 39.5 Å². The largest absolute Gasteiger partial charge is 0.481 e. The molecule has 0 radical (unpaired) electrons. The minimum absolute atomic E-state index is 0.833. The summed E-state index contributed by atoms with van der Waals surface area (Å²) in [6.07, 6.45) is 0. The van der Waals surface area contributed by atoms with Crippen LogP contribution in [0.25, 0.3) is 0 Å². The average Bonchev–Trinajstić information content (AvgIpc) is 2.87. The lowest BCUT2D eigenvalue weighted by Gasteiger charge is -2.34. The van der Waals surface area contributed by atoms with Gasteiger partial charge in [-0.2, -0.15) is 0 Å². The van der Waals surface area contributed by atoms with Gasteiger partial charge >= 0.3 is 0 Å². The number of aryl methyl sites for hydroxylation is 1. The van der Waals surface area contributed by atoms with Crippen molar-refractivity contribution in [2.24, 2.45) is 4.99 Å². The van der Waals surface area contributed by atoms with E-state index in [0.717, 1.165) is 50.3 Å². The molecule has 0 unspecified atom stereocenters. The van der Waals surface area contributed by atoms with E-state index >= 15 is 0 Å². The highest BCUT2D eigenvalue weighted by molar-refractivity contribution is 7.16. The van der Waals surface area contributed by atoms with Crippen LogP contribution in [0, 0.1) is 6.92 Å². The first-order valence-corrected chi connectivity index (χ1v) is 9.44. The lowest BCUT2D eigenvalue weighted by atomic mass is 10.2. The Hall–Kier alpha value is -2.38. The second-order valence-electron chi connectivity index (χ2n) is 6.49. The van der Waals surface area contributed by atoms with Gasteiger partial charge in [-0.05, 0) is 32.2 Å². The fourth-order valence-electron chi connectivity index (χ4n) is 3.01. The van der Waals surface area contributed by atoms with Gasteiger partial charge in [0.2, 0.25) is 0 Å². The number of nitrogens with zero attached hydrogens (tertiary/aromatic N) is 3. The van der Waals surface area contributed by atoms with E-state index in [4.69, 9.17) is 14.9 Å². The van der Waals surface area contributed by atoms with E-state index in [-0.39, 0.29) is 0 Å². The summed E-state index contributed by atoms with van der Waals surface area (Å²) >= 11 is 1.81. The van der Waals surface area contributed by atoms with E-state index in [2.05, 4.69) is 59.4 Å². The normalized spacial score (nSPS) is 16.3. The summed E-state index contributed by atoms with van der Waals surface area (Å²) in [6.45, 7) is 7.49. The van der Waals surface area contributed by atoms with Crippen molar-refractivity contribution in [2.45, 2.75) is 13.8 Å². The number of nitrogens with one attached hydrogen (secondary N) is 1. The molecule has 2 aromatic rings. The maximum absolute atomic E-state index is 9.00. The van der Waals surface area contributed by atoms with Crippen LogP contribution in [0.5, 0.6) is 0 Å². The number of hydrogen-bond donors (Lipinski definition) is 2. The smallest absolute Gasteiger partial charge is 0.300 e. The van der Waals surface area contributed by atoms with E-state index in [9.17, 15) is 0 Å². The van der Waals surface area contributed by atoms with Gasteiger partial charge in [-0.3, -0.25) is 4.79 Å². The topological polar surface area (TPSA) is 68.2 Å². The molecule has 1 saturated heterocycles. The van der Waals surface area contributed by atoms with Gasteiger partial charge in [0.15, 0.2) is 0 Å². The number of carboxylic acids is 1. The molecule has 138 valence electrons. The van der Waals surface area contributed by atoms with Gasteiger partial charge in [-0.1, -0.05) is 12.1 Å². The average molecular weight is 372 g/mol. The van der Waals surface area contributed by atoms with Crippen LogP contribution < -0.4 is 5.32 Å². The second-order valence-corrected chi connectivity index (χ2v) is 7.74. The molecule has 0 atom stereocenters. The molecule has 2 aliphatic heterocycles. The van der Waals surface area contributed by atoms with Crippen LogP contribution in [0.2, 0.25) is 0 Å². The third kappa shape index (κ3) is 4.23. The molecule has 6 nitrogen and oxygen atoms in total. The number of rotatable bonds is 0. The maximum atomic E-state index is 9.00. The first-order valence-electron chi connectivity index (χ1n) is 8.62. The molecule has 0 amide bonds. The molecule has 0 spiro atoms. The van der Waals surface area contributed by atoms with Crippen molar-refractivity contribution in [3.05, 3.63) is 40.8 Å². The van der Waals surface area contributed by atoms with Crippen LogP contribution >= 0.6 is 11.3 Å². The zero-order valence-corrected chi connectivity index (χ0v) is 16.1. The molecule has 0 bridgehead atoms. The standard InChI is InChI=1S/C17H20N4S.C2H4O2/c1-12-11-13-16(21-9-7-20(2)8-10-21)18-14-5-3-4-6-15(14)19-17(13)22-12;1-2(3)4/h3-6,11,19H,7-10H2,1-2H3;1H3,(H,3,4). The number of fused-ring (bicyclic) bond motifs is 2. The zero-order chi connectivity index (χ0) is 18.7. The highest BCUT2D eigenvalue weighted by Crippen LogP contribution is 2.39. The van der Waals surface area contributed by atoms with Crippen molar-refractivity contribution in [1.82, 2.24) is 9.80 Å². The number of para-hydroxylation sites is 2. The zero-order valence-electron chi connectivity index (χ0n) is 15.3. The Kier molecular flexibility index (Phi) is 5.58. The first kappa shape index (κ1) is 18.4. The van der Waals surface area contributed by atoms with E-state index in [1.54, 1.807) is 11.3 Å². The van der Waals surface area contributed by atoms with Gasteiger partial charge in [0, 0.05) is 38.0 Å². The van der Waals surface area contributed by atoms with Crippen LogP contribution in [-0.2, 0) is 4.79 Å². The molecule has 4 rings (SSSR count). The SMILES string of the molecule is CC(=O)O.Cc1cc2c(s1)Nc1ccccc1N=C2N1CCN(C)CC1. The quantitative estimate of drug-likeness (QED) is 0.740. The Balaban J connectivity index is 0.000000447. The fraction of sp³-hybridized carbons (Fsp3) is 0.368. The summed E-state index contributed by atoms with van der Waals surface area (Å²) in [4.78, 5) is 20.1. The fourth-order valence-corrected chi connectivity index (χ4v) is 3.93. The second kappa shape index (κ2) is 7.88. The van der Waals surface area contributed by atoms with Gasteiger partial charge in [-0.15, -0.1) is 11.3 Å². The molecule has 0 aliphatic carbocycles. The van der Waals surface area contributed by atoms with Crippen molar-refractivity contribution in [3.63, 3.8) is 0 Å². The summed E-state index contributed by atoms with van der Waals surface area (Å²) in [5.41, 5.74) is 3.36. The van der Waals surface area contributed by atoms with Crippen molar-refractivity contribution < 1.29 is 9.90 Å². The summed E-state index contributed by atoms with van der Waals surface area (Å²) in [5.74, 6) is 0.282. The third-order valence-electron chi connectivity index (χ3n) is 4.28. The summed E-state index contributed by atoms with van der Waals surface area (Å²) < 4.78 is 0. The number of carbonyl (C=O) groups is 1. The predicted molar refractivity (Wildman–Crippen MR) is 107 cm³/mol. The van der Waals surface area contributed by atoms with E-state index in [1.165, 1.54) is 15.4 Å². The van der Waals surface area contributed by atoms with Crippen LogP contribution in [0.15, 0.2) is 35.3 Å². The number of anilines is 2. The Morgan fingerprint density at radius 3 is 2.58 bits per heavy atom. The number of amidine groups is 1. The van der Waals surface area contributed by atoms with Crippen molar-refractivity contribution in [3.8, 4) is 0 Å². The summed E-state index contributed by atoms with van der Waals surface area (Å²) in [6, 6.07) is 10.6. The Morgan fingerprint density at radius 2 is 1.88 bits per heavy atom. The summed E-state index contributed by atoms with van der Waals surface area (Å²) in [5, 5.41) is 12.2. The van der Waals surface area contributed by atoms with E-state index < -0.39 is 5.97 Å². The van der Waals surface area contributed by atoms with Gasteiger partial charge in [-0.25, -0.2) is 4.99 Å². The molecule has 2 aliphatic rings. The van der Waals surface area contributed by atoms with Gasteiger partial charge in [0.05, 0.1) is 16.9 Å². The number of piperazine rings is 1. The molecule has 3 heterocycles. The molecule has 1 aromatic carbocycles. The first-order chi connectivity index (χ1) is 12.4. The van der Waals surface area contributed by atoms with Crippen molar-refractivity contribution in [2.75, 3.05) is 38.5 Å². The Labute approximate surface area is 157 Å². The van der Waals surface area contributed by atoms with Crippen LogP contribution in [0.3, 0.4) is 0 Å². The molecular weight excluding hydrogens is 348 g/mol. The summed E-state index contributed by atoms with van der Waals surface area (Å²) in [7, 11) is 2.18. The highest BCUT2D eigenvalue weighted by atomic mass is 32.1. The monoisotopic (exact) mass is 372 g/mol. The van der Waals surface area contributed by atoms with Gasteiger partial charge in [0.25, 0.3) is 5.97 Å². The number of aliphatic carboxylic acids is 1. The Bertz CT molecular complexity index is 819. The molecular formula is C19H24N4O2S.